The summed E-state index contributed by atoms with van der Waals surface area (Å²) in [6, 6.07) is 12.9. The number of carbonyl (C=O) groups is 1. The van der Waals surface area contributed by atoms with Crippen molar-refractivity contribution in [2.24, 2.45) is 0 Å². The molecule has 1 aliphatic heterocycles. The van der Waals surface area contributed by atoms with Gasteiger partial charge in [-0.2, -0.15) is 13.2 Å². The number of alkyl halides is 3. The summed E-state index contributed by atoms with van der Waals surface area (Å²) in [5.74, 6) is -0.464. The van der Waals surface area contributed by atoms with Crippen molar-refractivity contribution in [1.82, 2.24) is 4.90 Å². The summed E-state index contributed by atoms with van der Waals surface area (Å²) in [6.45, 7) is 0.427. The van der Waals surface area contributed by atoms with Crippen LogP contribution in [0.1, 0.15) is 46.8 Å². The lowest BCUT2D eigenvalue weighted by molar-refractivity contribution is -0.137. The Bertz CT molecular complexity index is 1100. The molecule has 0 aliphatic carbocycles. The maximum Gasteiger partial charge on any atom is 0.416 e. The van der Waals surface area contributed by atoms with Gasteiger partial charge >= 0.3 is 11.8 Å². The van der Waals surface area contributed by atoms with E-state index in [-0.39, 0.29) is 11.6 Å². The highest BCUT2D eigenvalue weighted by Crippen LogP contribution is 2.35. The van der Waals surface area contributed by atoms with Gasteiger partial charge in [0, 0.05) is 11.9 Å². The average molecular weight is 401 g/mol. The van der Waals surface area contributed by atoms with E-state index in [2.05, 4.69) is 0 Å². The van der Waals surface area contributed by atoms with Crippen LogP contribution in [0.15, 0.2) is 63.8 Å². The van der Waals surface area contributed by atoms with Gasteiger partial charge in [0.25, 0.3) is 5.91 Å². The summed E-state index contributed by atoms with van der Waals surface area (Å²) in [5.41, 5.74) is -0.499. The maximum absolute atomic E-state index is 13.2. The summed E-state index contributed by atoms with van der Waals surface area (Å²) < 4.78 is 43.8. The molecule has 2 aromatic carbocycles. The van der Waals surface area contributed by atoms with Crippen molar-refractivity contribution in [2.45, 2.75) is 31.5 Å². The van der Waals surface area contributed by atoms with E-state index in [9.17, 15) is 22.8 Å². The molecule has 1 aromatic heterocycles. The van der Waals surface area contributed by atoms with Gasteiger partial charge in [0.2, 0.25) is 0 Å². The quantitative estimate of drug-likeness (QED) is 0.556. The number of fused-ring (bicyclic) bond motifs is 1. The average Bonchev–Trinajstić information content (AvgIpc) is 2.72. The van der Waals surface area contributed by atoms with Gasteiger partial charge < -0.3 is 9.32 Å². The van der Waals surface area contributed by atoms with Gasteiger partial charge in [-0.05, 0) is 49.1 Å². The van der Waals surface area contributed by atoms with Crippen LogP contribution in [0.3, 0.4) is 0 Å². The molecule has 4 rings (SSSR count). The molecule has 29 heavy (non-hydrogen) atoms. The first kappa shape index (κ1) is 19.2. The SMILES string of the molecule is O=C(c1cc2ccccc2oc1=O)N1CCCC[C@H]1c1ccc(C(F)(F)F)cc1. The van der Waals surface area contributed by atoms with Crippen molar-refractivity contribution >= 4 is 16.9 Å². The zero-order chi connectivity index (χ0) is 20.6. The summed E-state index contributed by atoms with van der Waals surface area (Å²) in [4.78, 5) is 27.1. The van der Waals surface area contributed by atoms with Gasteiger partial charge in [-0.1, -0.05) is 30.3 Å². The minimum Gasteiger partial charge on any atom is -0.422 e. The second-order valence-electron chi connectivity index (χ2n) is 7.12. The standard InChI is InChI=1S/C22H18F3NO3/c23-22(24,25)16-10-8-14(9-11-16)18-6-3-4-12-26(18)20(27)17-13-15-5-1-2-7-19(15)29-21(17)28/h1-2,5,7-11,13,18H,3-4,6,12H2/t18-/m0/s1. The first-order valence-electron chi connectivity index (χ1n) is 9.35. The predicted molar refractivity (Wildman–Crippen MR) is 102 cm³/mol. The lowest BCUT2D eigenvalue weighted by atomic mass is 9.93. The van der Waals surface area contributed by atoms with Gasteiger partial charge in [-0.15, -0.1) is 0 Å². The van der Waals surface area contributed by atoms with E-state index in [1.807, 2.05) is 0 Å². The van der Waals surface area contributed by atoms with Gasteiger partial charge in [-0.25, -0.2) is 4.79 Å². The predicted octanol–water partition coefficient (Wildman–Crippen LogP) is 5.18. The van der Waals surface area contributed by atoms with Crippen LogP contribution in [-0.2, 0) is 6.18 Å². The van der Waals surface area contributed by atoms with Crippen molar-refractivity contribution < 1.29 is 22.4 Å². The number of likely N-dealkylation sites (tertiary alicyclic amines) is 1. The van der Waals surface area contributed by atoms with Crippen molar-refractivity contribution in [3.05, 3.63) is 81.7 Å². The van der Waals surface area contributed by atoms with Gasteiger partial charge in [0.05, 0.1) is 11.6 Å². The maximum atomic E-state index is 13.2. The Balaban J connectivity index is 1.68. The van der Waals surface area contributed by atoms with E-state index in [1.54, 1.807) is 29.2 Å². The Morgan fingerprint density at radius 3 is 2.48 bits per heavy atom. The monoisotopic (exact) mass is 401 g/mol. The third-order valence-corrected chi connectivity index (χ3v) is 5.26. The molecule has 1 fully saturated rings. The number of halogens is 3. The molecule has 0 bridgehead atoms. The van der Waals surface area contributed by atoms with Crippen LogP contribution >= 0.6 is 0 Å². The molecule has 1 aliphatic rings. The molecule has 1 atom stereocenters. The lowest BCUT2D eigenvalue weighted by Gasteiger charge is -2.36. The van der Waals surface area contributed by atoms with Crippen molar-refractivity contribution in [3.63, 3.8) is 0 Å². The summed E-state index contributed by atoms with van der Waals surface area (Å²) in [5, 5.41) is 0.638. The third-order valence-electron chi connectivity index (χ3n) is 5.26. The molecular formula is C22H18F3NO3. The fourth-order valence-corrected chi connectivity index (χ4v) is 3.78. The number of carbonyl (C=O) groups excluding carboxylic acids is 1. The second-order valence-corrected chi connectivity index (χ2v) is 7.12. The molecule has 7 heteroatoms. The summed E-state index contributed by atoms with van der Waals surface area (Å²) >= 11 is 0. The fraction of sp³-hybridized carbons (Fsp3) is 0.273. The molecule has 0 saturated carbocycles. The van der Waals surface area contributed by atoms with E-state index >= 15 is 0 Å². The molecule has 1 amide bonds. The van der Waals surface area contributed by atoms with Crippen LogP contribution < -0.4 is 5.63 Å². The van der Waals surface area contributed by atoms with Gasteiger partial charge in [-0.3, -0.25) is 4.79 Å². The molecule has 0 N–H and O–H groups in total. The van der Waals surface area contributed by atoms with Crippen LogP contribution in [0.25, 0.3) is 11.0 Å². The van der Waals surface area contributed by atoms with Crippen molar-refractivity contribution in [2.75, 3.05) is 6.54 Å². The second kappa shape index (κ2) is 7.39. The Kier molecular flexibility index (Phi) is 4.90. The Labute approximate surface area is 164 Å². The number of piperidine rings is 1. The van der Waals surface area contributed by atoms with E-state index in [4.69, 9.17) is 4.42 Å². The Morgan fingerprint density at radius 1 is 1.03 bits per heavy atom. The highest BCUT2D eigenvalue weighted by atomic mass is 19.4. The number of benzene rings is 2. The normalized spacial score (nSPS) is 17.5. The minimum atomic E-state index is -4.41. The Hall–Kier alpha value is -3.09. The van der Waals surface area contributed by atoms with E-state index in [0.29, 0.717) is 29.5 Å². The molecule has 0 spiro atoms. The summed E-state index contributed by atoms with van der Waals surface area (Å²) in [7, 11) is 0. The third kappa shape index (κ3) is 3.77. The fourth-order valence-electron chi connectivity index (χ4n) is 3.78. The zero-order valence-electron chi connectivity index (χ0n) is 15.4. The number of hydrogen-bond acceptors (Lipinski definition) is 3. The van der Waals surface area contributed by atoms with Crippen LogP contribution in [0.2, 0.25) is 0 Å². The zero-order valence-corrected chi connectivity index (χ0v) is 15.4. The molecule has 0 radical (unpaired) electrons. The Morgan fingerprint density at radius 2 is 1.76 bits per heavy atom. The molecule has 0 unspecified atom stereocenters. The first-order valence-corrected chi connectivity index (χ1v) is 9.35. The first-order chi connectivity index (χ1) is 13.8. The van der Waals surface area contributed by atoms with Crippen molar-refractivity contribution in [1.29, 1.82) is 0 Å². The van der Waals surface area contributed by atoms with Crippen LogP contribution in [0, 0.1) is 0 Å². The lowest BCUT2D eigenvalue weighted by Crippen LogP contribution is -2.40. The largest absolute Gasteiger partial charge is 0.422 e. The molecule has 3 aromatic rings. The van der Waals surface area contributed by atoms with Crippen LogP contribution in [0.5, 0.6) is 0 Å². The van der Waals surface area contributed by atoms with Gasteiger partial charge in [0.15, 0.2) is 0 Å². The molecular weight excluding hydrogens is 383 g/mol. The smallest absolute Gasteiger partial charge is 0.416 e. The number of hydrogen-bond donors (Lipinski definition) is 0. The molecule has 1 saturated heterocycles. The molecule has 2 heterocycles. The number of para-hydroxylation sites is 1. The van der Waals surface area contributed by atoms with E-state index in [1.165, 1.54) is 18.2 Å². The van der Waals surface area contributed by atoms with Crippen LogP contribution in [-0.4, -0.2) is 17.4 Å². The molecule has 4 nitrogen and oxygen atoms in total. The highest BCUT2D eigenvalue weighted by molar-refractivity contribution is 5.97. The number of amides is 1. The number of rotatable bonds is 2. The summed E-state index contributed by atoms with van der Waals surface area (Å²) in [6.07, 6.45) is -2.18. The van der Waals surface area contributed by atoms with E-state index in [0.717, 1.165) is 25.0 Å². The molecule has 150 valence electrons. The number of nitrogens with zero attached hydrogens (tertiary/aromatic N) is 1. The van der Waals surface area contributed by atoms with Crippen LogP contribution in [0.4, 0.5) is 13.2 Å². The van der Waals surface area contributed by atoms with E-state index < -0.39 is 23.3 Å². The topological polar surface area (TPSA) is 50.5 Å². The van der Waals surface area contributed by atoms with Gasteiger partial charge in [0.1, 0.15) is 11.1 Å². The van der Waals surface area contributed by atoms with Crippen molar-refractivity contribution in [3.8, 4) is 0 Å². The highest BCUT2D eigenvalue weighted by Gasteiger charge is 2.33. The minimum absolute atomic E-state index is 0.0671.